The Kier molecular flexibility index (Phi) is 8.17. The van der Waals surface area contributed by atoms with Gasteiger partial charge in [-0.15, -0.1) is 0 Å². The fraction of sp³-hybridized carbons (Fsp3) is 0.600. The van der Waals surface area contributed by atoms with Crippen LogP contribution >= 0.6 is 11.6 Å². The van der Waals surface area contributed by atoms with Crippen LogP contribution in [0.4, 0.5) is 8.78 Å². The van der Waals surface area contributed by atoms with Gasteiger partial charge in [0.2, 0.25) is 0 Å². The van der Waals surface area contributed by atoms with Gasteiger partial charge < -0.3 is 26.4 Å². The Morgan fingerprint density at radius 2 is 2.23 bits per heavy atom. The molecule has 3 rings (SSSR count). The van der Waals surface area contributed by atoms with Gasteiger partial charge in [0.25, 0.3) is 0 Å². The molecule has 1 saturated heterocycles. The van der Waals surface area contributed by atoms with E-state index in [1.165, 1.54) is 29.4 Å². The van der Waals surface area contributed by atoms with Crippen LogP contribution in [0.3, 0.4) is 0 Å². The molecule has 0 aliphatic carbocycles. The summed E-state index contributed by atoms with van der Waals surface area (Å²) < 4.78 is 28.7. The third-order valence-corrected chi connectivity index (χ3v) is 5.94. The number of aliphatic hydroxyl groups excluding tert-OH is 1. The molecular formula is C20H30ClF2N7O. The van der Waals surface area contributed by atoms with Crippen molar-refractivity contribution in [1.29, 1.82) is 0 Å². The van der Waals surface area contributed by atoms with Gasteiger partial charge in [0.1, 0.15) is 17.4 Å². The summed E-state index contributed by atoms with van der Waals surface area (Å²) in [6, 6.07) is 4.63. The number of nitrogens with two attached hydrogens (primary N) is 1. The van der Waals surface area contributed by atoms with E-state index in [1.807, 2.05) is 0 Å². The van der Waals surface area contributed by atoms with Gasteiger partial charge in [-0.25, -0.2) is 0 Å². The van der Waals surface area contributed by atoms with Crippen molar-refractivity contribution >= 4 is 17.4 Å². The lowest BCUT2D eigenvalue weighted by Crippen LogP contribution is -2.53. The lowest BCUT2D eigenvalue weighted by atomic mass is 9.90. The molecule has 0 amide bonds. The summed E-state index contributed by atoms with van der Waals surface area (Å²) in [6.45, 7) is 3.04. The zero-order valence-electron chi connectivity index (χ0n) is 17.4. The average Bonchev–Trinajstić information content (AvgIpc) is 2.74. The van der Waals surface area contributed by atoms with Gasteiger partial charge in [-0.1, -0.05) is 17.7 Å². The second-order valence-corrected chi connectivity index (χ2v) is 8.29. The summed E-state index contributed by atoms with van der Waals surface area (Å²) >= 11 is 6.20. The number of piperidine rings is 1. The molecule has 0 radical (unpaired) electrons. The van der Waals surface area contributed by atoms with Crippen molar-refractivity contribution in [2.75, 3.05) is 26.2 Å². The van der Waals surface area contributed by atoms with Gasteiger partial charge >= 0.3 is 5.92 Å². The number of hydrogen-bond acceptors (Lipinski definition) is 7. The summed E-state index contributed by atoms with van der Waals surface area (Å²) in [5.41, 5.74) is 5.54. The van der Waals surface area contributed by atoms with Crippen molar-refractivity contribution in [3.05, 3.63) is 41.4 Å². The predicted octanol–water partition coefficient (Wildman–Crippen LogP) is 1.10. The second kappa shape index (κ2) is 10.6. The van der Waals surface area contributed by atoms with Gasteiger partial charge in [-0.05, 0) is 44.4 Å². The fourth-order valence-corrected chi connectivity index (χ4v) is 3.95. The van der Waals surface area contributed by atoms with Crippen LogP contribution in [0.5, 0.6) is 0 Å². The van der Waals surface area contributed by atoms with E-state index in [2.05, 4.69) is 32.9 Å². The van der Waals surface area contributed by atoms with Gasteiger partial charge in [-0.2, -0.15) is 8.78 Å². The van der Waals surface area contributed by atoms with E-state index >= 15 is 0 Å². The zero-order valence-corrected chi connectivity index (χ0v) is 18.2. The Balaban J connectivity index is 1.52. The maximum atomic E-state index is 14.3. The number of alkyl halides is 2. The normalized spacial score (nSPS) is 28.4. The summed E-state index contributed by atoms with van der Waals surface area (Å²) in [5.74, 6) is -2.77. The van der Waals surface area contributed by atoms with Crippen molar-refractivity contribution in [3.8, 4) is 0 Å². The minimum Gasteiger partial charge on any atom is -0.367 e. The maximum Gasteiger partial charge on any atom is 0.308 e. The first-order chi connectivity index (χ1) is 14.8. The van der Waals surface area contributed by atoms with Gasteiger partial charge in [0, 0.05) is 31.5 Å². The number of aliphatic hydroxyl groups is 1. The van der Waals surface area contributed by atoms with Crippen LogP contribution in [0, 0.1) is 5.92 Å². The minimum absolute atomic E-state index is 0.0131. The quantitative estimate of drug-likeness (QED) is 0.293. The Labute approximate surface area is 185 Å². The van der Waals surface area contributed by atoms with Gasteiger partial charge in [0.15, 0.2) is 12.1 Å². The molecule has 2 aliphatic heterocycles. The number of amidine groups is 1. The number of nitrogens with zero attached hydrogens (tertiary/aromatic N) is 3. The maximum absolute atomic E-state index is 14.3. The van der Waals surface area contributed by atoms with Crippen molar-refractivity contribution < 1.29 is 13.9 Å². The van der Waals surface area contributed by atoms with Crippen molar-refractivity contribution in [2.24, 2.45) is 16.6 Å². The molecule has 0 spiro atoms. The van der Waals surface area contributed by atoms with Gasteiger partial charge in [0.05, 0.1) is 6.17 Å². The predicted molar refractivity (Wildman–Crippen MR) is 116 cm³/mol. The summed E-state index contributed by atoms with van der Waals surface area (Å²) in [4.78, 5) is 9.09. The molecule has 0 unspecified atom stereocenters. The molecule has 0 aromatic carbocycles. The highest BCUT2D eigenvalue weighted by molar-refractivity contribution is 6.29. The molecule has 1 aromatic rings. The molecule has 11 heteroatoms. The van der Waals surface area contributed by atoms with Crippen molar-refractivity contribution in [1.82, 2.24) is 25.8 Å². The van der Waals surface area contributed by atoms with Crippen molar-refractivity contribution in [3.63, 3.8) is 0 Å². The molecule has 0 bridgehead atoms. The number of aliphatic imine (C=N–C) groups is 1. The van der Waals surface area contributed by atoms with E-state index in [4.69, 9.17) is 17.3 Å². The first-order valence-electron chi connectivity index (χ1n) is 10.4. The lowest BCUT2D eigenvalue weighted by molar-refractivity contribution is 0.00121. The molecule has 0 saturated carbocycles. The molecule has 2 aliphatic rings. The van der Waals surface area contributed by atoms with E-state index in [9.17, 15) is 13.9 Å². The molecular weight excluding hydrogens is 428 g/mol. The smallest absolute Gasteiger partial charge is 0.308 e. The van der Waals surface area contributed by atoms with E-state index in [1.54, 1.807) is 6.07 Å². The largest absolute Gasteiger partial charge is 0.367 e. The number of rotatable bonds is 8. The summed E-state index contributed by atoms with van der Waals surface area (Å²) in [6.07, 6.45) is 3.52. The van der Waals surface area contributed by atoms with Crippen LogP contribution < -0.4 is 21.7 Å². The summed E-state index contributed by atoms with van der Waals surface area (Å²) in [5, 5.41) is 20.3. The number of hydrogen-bond donors (Lipinski definition) is 5. The van der Waals surface area contributed by atoms with E-state index in [0.717, 1.165) is 19.4 Å². The van der Waals surface area contributed by atoms with Crippen LogP contribution in [0.1, 0.15) is 25.5 Å². The third-order valence-electron chi connectivity index (χ3n) is 5.61. The monoisotopic (exact) mass is 457 g/mol. The average molecular weight is 458 g/mol. The van der Waals surface area contributed by atoms with Crippen LogP contribution in [-0.4, -0.2) is 65.4 Å². The van der Waals surface area contributed by atoms with Crippen LogP contribution in [0.15, 0.2) is 40.7 Å². The highest BCUT2D eigenvalue weighted by Gasteiger charge is 2.34. The van der Waals surface area contributed by atoms with E-state index in [0.29, 0.717) is 25.0 Å². The van der Waals surface area contributed by atoms with Gasteiger partial charge in [-0.3, -0.25) is 15.3 Å². The third kappa shape index (κ3) is 6.33. The van der Waals surface area contributed by atoms with Crippen LogP contribution in [-0.2, 0) is 5.92 Å². The number of aromatic nitrogens is 1. The summed E-state index contributed by atoms with van der Waals surface area (Å²) in [7, 11) is 0. The first kappa shape index (κ1) is 23.8. The molecule has 1 aromatic heterocycles. The molecule has 172 valence electrons. The minimum atomic E-state index is -3.25. The van der Waals surface area contributed by atoms with Crippen LogP contribution in [0.2, 0.25) is 0 Å². The molecule has 8 nitrogen and oxygen atoms in total. The number of nitrogens with one attached hydrogen (secondary N) is 3. The van der Waals surface area contributed by atoms with Crippen molar-refractivity contribution in [2.45, 2.75) is 44.1 Å². The van der Waals surface area contributed by atoms with Crippen LogP contribution in [0.25, 0.3) is 0 Å². The SMILES string of the molecule is C[C@H]1N[C@@H](N)CC[C@@H]1CNCCN1C(Cl)=CNC(=NCC(F)(F)c2ccccn2)[C@H]1O. The number of halogens is 3. The standard InChI is InChI=1S/C20H30ClF2N7O/c1-13-14(5-6-17(24)29-13)10-25-8-9-30-16(21)11-27-18(19(30)31)28-12-20(22,23)15-4-2-3-7-26-15/h2-4,7,11,13-14,17,19,25,29,31H,5-6,8-10,12,24H2,1H3,(H,27,28)/t13-,14-,17-,19-/m1/s1. The Morgan fingerprint density at radius 3 is 2.94 bits per heavy atom. The number of pyridine rings is 1. The Hall–Kier alpha value is -1.85. The molecule has 31 heavy (non-hydrogen) atoms. The van der Waals surface area contributed by atoms with E-state index in [-0.39, 0.29) is 22.9 Å². The first-order valence-corrected chi connectivity index (χ1v) is 10.8. The topological polar surface area (TPSA) is 111 Å². The molecule has 4 atom stereocenters. The molecule has 3 heterocycles. The second-order valence-electron chi connectivity index (χ2n) is 7.90. The molecule has 1 fully saturated rings. The highest BCUT2D eigenvalue weighted by Crippen LogP contribution is 2.26. The highest BCUT2D eigenvalue weighted by atomic mass is 35.5. The lowest BCUT2D eigenvalue weighted by Gasteiger charge is -2.35. The Bertz CT molecular complexity index is 780. The molecule has 6 N–H and O–H groups in total. The Morgan fingerprint density at radius 1 is 1.42 bits per heavy atom. The fourth-order valence-electron chi connectivity index (χ4n) is 3.72. The zero-order chi connectivity index (χ0) is 22.4. The van der Waals surface area contributed by atoms with E-state index < -0.39 is 18.7 Å².